The Bertz CT molecular complexity index is 576. The Morgan fingerprint density at radius 2 is 2.00 bits per heavy atom. The van der Waals surface area contributed by atoms with Crippen molar-refractivity contribution in [3.8, 4) is 0 Å². The van der Waals surface area contributed by atoms with Gasteiger partial charge in [0.05, 0.1) is 5.75 Å². The average molecular weight is 315 g/mol. The van der Waals surface area contributed by atoms with Gasteiger partial charge in [0.1, 0.15) is 6.61 Å². The van der Waals surface area contributed by atoms with E-state index in [9.17, 15) is 17.1 Å². The van der Waals surface area contributed by atoms with Crippen molar-refractivity contribution in [3.63, 3.8) is 0 Å². The fourth-order valence-corrected chi connectivity index (χ4v) is 3.44. The number of benzene rings is 1. The quantitative estimate of drug-likeness (QED) is 0.847. The molecule has 0 aliphatic heterocycles. The van der Waals surface area contributed by atoms with Crippen LogP contribution in [0.25, 0.3) is 0 Å². The highest BCUT2D eigenvalue weighted by Crippen LogP contribution is 2.27. The number of nitrogens with one attached hydrogen (secondary N) is 1. The van der Waals surface area contributed by atoms with Crippen LogP contribution in [0.1, 0.15) is 24.8 Å². The van der Waals surface area contributed by atoms with Crippen LogP contribution in [0.5, 0.6) is 0 Å². The minimum absolute atomic E-state index is 0.153. The van der Waals surface area contributed by atoms with E-state index in [-0.39, 0.29) is 18.6 Å². The van der Waals surface area contributed by atoms with Crippen LogP contribution < -0.4 is 5.32 Å². The van der Waals surface area contributed by atoms with Gasteiger partial charge in [-0.1, -0.05) is 30.3 Å². The van der Waals surface area contributed by atoms with Crippen LogP contribution in [0.15, 0.2) is 30.3 Å². The van der Waals surface area contributed by atoms with Crippen LogP contribution in [-0.4, -0.2) is 26.3 Å². The van der Waals surface area contributed by atoms with E-state index in [1.807, 2.05) is 30.3 Å². The first-order valence-corrected chi connectivity index (χ1v) is 8.37. The molecule has 0 unspecified atom stereocenters. The Morgan fingerprint density at radius 1 is 1.29 bits per heavy atom. The van der Waals surface area contributed by atoms with Gasteiger partial charge in [-0.2, -0.15) is 8.42 Å². The van der Waals surface area contributed by atoms with Crippen molar-refractivity contribution >= 4 is 16.3 Å². The molecule has 5 nitrogen and oxygen atoms in total. The number of carbonyl (C=O) groups is 1. The third kappa shape index (κ3) is 5.71. The molecule has 0 spiro atoms. The second-order valence-electron chi connectivity index (χ2n) is 5.29. The minimum atomic E-state index is -4.45. The van der Waals surface area contributed by atoms with E-state index in [4.69, 9.17) is 4.74 Å². The maximum absolute atomic E-state index is 12.6. The van der Waals surface area contributed by atoms with E-state index in [1.165, 1.54) is 0 Å². The van der Waals surface area contributed by atoms with Gasteiger partial charge < -0.3 is 10.1 Å². The predicted molar refractivity (Wildman–Crippen MR) is 75.8 cm³/mol. The Balaban J connectivity index is 1.72. The Morgan fingerprint density at radius 3 is 2.67 bits per heavy atom. The van der Waals surface area contributed by atoms with Gasteiger partial charge in [0.25, 0.3) is 0 Å². The zero-order valence-electron chi connectivity index (χ0n) is 11.5. The third-order valence-corrected chi connectivity index (χ3v) is 4.38. The lowest BCUT2D eigenvalue weighted by molar-refractivity contribution is 0.135. The molecule has 2 rings (SSSR count). The summed E-state index contributed by atoms with van der Waals surface area (Å²) in [5.74, 6) is -0.705. The number of amides is 1. The monoisotopic (exact) mass is 315 g/mol. The maximum Gasteiger partial charge on any atom is 0.407 e. The van der Waals surface area contributed by atoms with E-state index in [0.29, 0.717) is 19.3 Å². The molecule has 7 heteroatoms. The van der Waals surface area contributed by atoms with Gasteiger partial charge in [0.2, 0.25) is 0 Å². The highest BCUT2D eigenvalue weighted by Gasteiger charge is 2.29. The van der Waals surface area contributed by atoms with Crippen molar-refractivity contribution < 1.29 is 21.8 Å². The minimum Gasteiger partial charge on any atom is -0.445 e. The molecule has 1 amide bonds. The molecule has 0 heterocycles. The first kappa shape index (κ1) is 15.8. The summed E-state index contributed by atoms with van der Waals surface area (Å²) in [5, 5.41) is 2.69. The molecular weight excluding hydrogens is 297 g/mol. The van der Waals surface area contributed by atoms with Crippen molar-refractivity contribution in [2.24, 2.45) is 5.92 Å². The first-order valence-electron chi connectivity index (χ1n) is 6.82. The number of hydrogen-bond donors (Lipinski definition) is 1. The summed E-state index contributed by atoms with van der Waals surface area (Å²) in [4.78, 5) is 11.6. The van der Waals surface area contributed by atoms with E-state index in [0.717, 1.165) is 5.56 Å². The van der Waals surface area contributed by atoms with Crippen molar-refractivity contribution in [1.29, 1.82) is 0 Å². The molecule has 1 fully saturated rings. The summed E-state index contributed by atoms with van der Waals surface area (Å²) in [5.41, 5.74) is 0.889. The number of ether oxygens (including phenoxy) is 1. The summed E-state index contributed by atoms with van der Waals surface area (Å²) in [6.45, 7) is 0.182. The summed E-state index contributed by atoms with van der Waals surface area (Å²) < 4.78 is 38.9. The molecule has 1 N–H and O–H groups in total. The standard InChI is InChI=1S/C14H18FNO4S/c15-21(18,19)10-12-6-7-13(8-12)16-14(17)20-9-11-4-2-1-3-5-11/h1-5,12-13H,6-10H2,(H,16,17)/t12-,13+/m1/s1. The van der Waals surface area contributed by atoms with Crippen molar-refractivity contribution in [2.75, 3.05) is 5.75 Å². The van der Waals surface area contributed by atoms with E-state index in [2.05, 4.69) is 5.32 Å². The third-order valence-electron chi connectivity index (χ3n) is 3.51. The van der Waals surface area contributed by atoms with Crippen LogP contribution in [0, 0.1) is 5.92 Å². The van der Waals surface area contributed by atoms with Crippen LogP contribution in [0.3, 0.4) is 0 Å². The van der Waals surface area contributed by atoms with Gasteiger partial charge in [-0.3, -0.25) is 0 Å². The molecule has 1 aromatic rings. The highest BCUT2D eigenvalue weighted by molar-refractivity contribution is 7.86. The van der Waals surface area contributed by atoms with E-state index < -0.39 is 22.1 Å². The number of rotatable bonds is 5. The van der Waals surface area contributed by atoms with Crippen LogP contribution >= 0.6 is 0 Å². The van der Waals surface area contributed by atoms with Gasteiger partial charge in [0.15, 0.2) is 0 Å². The number of halogens is 1. The normalized spacial score (nSPS) is 22.0. The van der Waals surface area contributed by atoms with E-state index in [1.54, 1.807) is 0 Å². The summed E-state index contributed by atoms with van der Waals surface area (Å²) in [6.07, 6.45) is 1.16. The molecule has 2 atom stereocenters. The second-order valence-corrected chi connectivity index (χ2v) is 6.70. The topological polar surface area (TPSA) is 72.5 Å². The molecule has 0 radical (unpaired) electrons. The van der Waals surface area contributed by atoms with Crippen LogP contribution in [0.4, 0.5) is 8.68 Å². The molecule has 21 heavy (non-hydrogen) atoms. The fourth-order valence-electron chi connectivity index (χ4n) is 2.57. The zero-order valence-corrected chi connectivity index (χ0v) is 12.3. The Kier molecular flexibility index (Phi) is 5.17. The lowest BCUT2D eigenvalue weighted by atomic mass is 10.1. The smallest absolute Gasteiger partial charge is 0.407 e. The lowest BCUT2D eigenvalue weighted by Gasteiger charge is -2.13. The zero-order chi connectivity index (χ0) is 15.3. The van der Waals surface area contributed by atoms with Gasteiger partial charge in [0, 0.05) is 6.04 Å². The predicted octanol–water partition coefficient (Wildman–Crippen LogP) is 2.38. The van der Waals surface area contributed by atoms with Crippen molar-refractivity contribution in [2.45, 2.75) is 31.9 Å². The molecular formula is C14H18FNO4S. The lowest BCUT2D eigenvalue weighted by Crippen LogP contribution is -2.33. The average Bonchev–Trinajstić information content (AvgIpc) is 2.82. The first-order chi connectivity index (χ1) is 9.92. The van der Waals surface area contributed by atoms with Crippen molar-refractivity contribution in [3.05, 3.63) is 35.9 Å². The van der Waals surface area contributed by atoms with Crippen LogP contribution in [0.2, 0.25) is 0 Å². The number of alkyl carbamates (subject to hydrolysis) is 1. The molecule has 1 aliphatic carbocycles. The highest BCUT2D eigenvalue weighted by atomic mass is 32.3. The van der Waals surface area contributed by atoms with Crippen molar-refractivity contribution in [1.82, 2.24) is 5.32 Å². The SMILES string of the molecule is O=C(N[C@H]1CC[C@@H](CS(=O)(=O)F)C1)OCc1ccccc1. The van der Waals surface area contributed by atoms with Crippen LogP contribution in [-0.2, 0) is 21.6 Å². The molecule has 1 saturated carbocycles. The summed E-state index contributed by atoms with van der Waals surface area (Å²) >= 11 is 0. The Labute approximate surface area is 123 Å². The van der Waals surface area contributed by atoms with Gasteiger partial charge in [-0.25, -0.2) is 4.79 Å². The van der Waals surface area contributed by atoms with E-state index >= 15 is 0 Å². The molecule has 116 valence electrons. The molecule has 1 aliphatic rings. The Hall–Kier alpha value is -1.63. The summed E-state index contributed by atoms with van der Waals surface area (Å²) in [7, 11) is -4.45. The molecule has 0 aromatic heterocycles. The maximum atomic E-state index is 12.6. The van der Waals surface area contributed by atoms with Gasteiger partial charge in [-0.15, -0.1) is 3.89 Å². The largest absolute Gasteiger partial charge is 0.445 e. The molecule has 0 bridgehead atoms. The van der Waals surface area contributed by atoms with Gasteiger partial charge in [-0.05, 0) is 30.7 Å². The fraction of sp³-hybridized carbons (Fsp3) is 0.500. The molecule has 1 aromatic carbocycles. The van der Waals surface area contributed by atoms with Gasteiger partial charge >= 0.3 is 16.3 Å². The second kappa shape index (κ2) is 6.89. The summed E-state index contributed by atoms with van der Waals surface area (Å²) in [6, 6.07) is 9.14. The molecule has 0 saturated heterocycles. The number of hydrogen-bond acceptors (Lipinski definition) is 4. The number of carbonyl (C=O) groups excluding carboxylic acids is 1.